The minimum Gasteiger partial charge on any atom is -0.456 e. The zero-order chi connectivity index (χ0) is 45.7. The molecule has 0 bridgehead atoms. The van der Waals surface area contributed by atoms with E-state index in [1.807, 2.05) is 0 Å². The van der Waals surface area contributed by atoms with E-state index in [1.54, 1.807) is 0 Å². The zero-order valence-electron chi connectivity index (χ0n) is 37.6. The maximum Gasteiger partial charge on any atom is 0.137 e. The second-order valence-corrected chi connectivity index (χ2v) is 17.4. The molecule has 13 rings (SSSR count). The van der Waals surface area contributed by atoms with Gasteiger partial charge in [-0.25, -0.2) is 0 Å². The highest BCUT2D eigenvalue weighted by atomic mass is 16.3. The van der Waals surface area contributed by atoms with E-state index < -0.39 is 0 Å². The van der Waals surface area contributed by atoms with Crippen molar-refractivity contribution in [3.63, 3.8) is 0 Å². The Kier molecular flexibility index (Phi) is 9.76. The molecule has 2 aromatic heterocycles. The third-order valence-electron chi connectivity index (χ3n) is 13.3. The lowest BCUT2D eigenvalue weighted by Gasteiger charge is -2.26. The summed E-state index contributed by atoms with van der Waals surface area (Å²) in [7, 11) is 0. The molecule has 0 aliphatic heterocycles. The van der Waals surface area contributed by atoms with Gasteiger partial charge in [0, 0.05) is 84.2 Å². The normalized spacial score (nSPS) is 11.5. The third-order valence-corrected chi connectivity index (χ3v) is 13.3. The molecule has 0 aliphatic rings. The number of benzene rings is 11. The Labute approximate surface area is 400 Å². The first kappa shape index (κ1) is 40.0. The molecular weight excluding hydrogens is 841 g/mol. The molecule has 2 heterocycles. The van der Waals surface area contributed by atoms with Crippen molar-refractivity contribution in [3.8, 4) is 5.69 Å². The van der Waals surface area contributed by atoms with Gasteiger partial charge in [0.05, 0.1) is 16.7 Å². The third kappa shape index (κ3) is 7.04. The average molecular weight is 885 g/mol. The molecule has 5 nitrogen and oxygen atoms in total. The summed E-state index contributed by atoms with van der Waals surface area (Å²) in [6.45, 7) is 0. The summed E-state index contributed by atoms with van der Waals surface area (Å²) in [4.78, 5) is 6.98. The van der Waals surface area contributed by atoms with Crippen LogP contribution in [0, 0.1) is 0 Å². The molecule has 326 valence electrons. The predicted octanol–water partition coefficient (Wildman–Crippen LogP) is 18.2. The second-order valence-electron chi connectivity index (χ2n) is 17.4. The van der Waals surface area contributed by atoms with Crippen molar-refractivity contribution < 1.29 is 4.42 Å². The highest BCUT2D eigenvalue weighted by Gasteiger charge is 2.22. The molecule has 0 unspecified atom stereocenters. The van der Waals surface area contributed by atoms with Crippen molar-refractivity contribution in [1.29, 1.82) is 0 Å². The number of fused-ring (bicyclic) bond motifs is 7. The standard InChI is InChI=1S/C64H44N4O/c1-6-21-46(22-7-1)65(47-23-8-2-9-24-47)51-34-38-61-57(41-51)58-42-52(35-39-62(58)68(61)60-32-18-20-45-19-16-17-31-55(45)60)67(50-29-14-5-15-30-50)53-36-40-63-59(43-53)56-37-33-54(44-64(56)69-63)66(48-25-10-3-11-26-48)49-27-12-4-13-28-49/h1-44H. The fourth-order valence-electron chi connectivity index (χ4n) is 10.2. The summed E-state index contributed by atoms with van der Waals surface area (Å²) in [5, 5.41) is 6.84. The monoisotopic (exact) mass is 884 g/mol. The van der Waals surface area contributed by atoms with E-state index in [4.69, 9.17) is 4.42 Å². The first-order valence-corrected chi connectivity index (χ1v) is 23.4. The van der Waals surface area contributed by atoms with Crippen LogP contribution in [0.5, 0.6) is 0 Å². The lowest BCUT2D eigenvalue weighted by molar-refractivity contribution is 0.669. The number of hydrogen-bond acceptors (Lipinski definition) is 4. The molecule has 0 amide bonds. The SMILES string of the molecule is c1ccc(N(c2ccccc2)c2ccc3c(c2)oc2ccc(N(c4ccccc4)c4ccc5c(c4)c4cc(N(c6ccccc6)c6ccccc6)ccc4n5-c4cccc5ccccc45)cc23)cc1. The molecule has 0 radical (unpaired) electrons. The van der Waals surface area contributed by atoms with Gasteiger partial charge in [0.15, 0.2) is 0 Å². The van der Waals surface area contributed by atoms with E-state index in [-0.39, 0.29) is 0 Å². The van der Waals surface area contributed by atoms with Crippen molar-refractivity contribution in [3.05, 3.63) is 267 Å². The maximum atomic E-state index is 6.68. The number of aromatic nitrogens is 1. The first-order chi connectivity index (χ1) is 34.2. The van der Waals surface area contributed by atoms with Gasteiger partial charge in [-0.05, 0) is 139 Å². The smallest absolute Gasteiger partial charge is 0.137 e. The van der Waals surface area contributed by atoms with Gasteiger partial charge in [0.25, 0.3) is 0 Å². The Morgan fingerprint density at radius 1 is 0.246 bits per heavy atom. The summed E-state index contributed by atoms with van der Waals surface area (Å²) in [6, 6.07) is 95.2. The van der Waals surface area contributed by atoms with Crippen molar-refractivity contribution in [2.75, 3.05) is 14.7 Å². The molecule has 0 N–H and O–H groups in total. The van der Waals surface area contributed by atoms with E-state index >= 15 is 0 Å². The Morgan fingerprint density at radius 3 is 1.14 bits per heavy atom. The molecule has 0 aliphatic carbocycles. The minimum atomic E-state index is 0.835. The Hall–Kier alpha value is -9.32. The van der Waals surface area contributed by atoms with E-state index in [0.29, 0.717) is 0 Å². The topological polar surface area (TPSA) is 27.8 Å². The van der Waals surface area contributed by atoms with Gasteiger partial charge < -0.3 is 23.7 Å². The van der Waals surface area contributed by atoms with Gasteiger partial charge >= 0.3 is 0 Å². The molecule has 0 atom stereocenters. The van der Waals surface area contributed by atoms with E-state index in [2.05, 4.69) is 286 Å². The van der Waals surface area contributed by atoms with Crippen LogP contribution in [0.15, 0.2) is 271 Å². The zero-order valence-corrected chi connectivity index (χ0v) is 37.6. The Balaban J connectivity index is 0.995. The van der Waals surface area contributed by atoms with Gasteiger partial charge in [-0.3, -0.25) is 0 Å². The van der Waals surface area contributed by atoms with Crippen molar-refractivity contribution >= 4 is 106 Å². The summed E-state index contributed by atoms with van der Waals surface area (Å²) in [5.41, 5.74) is 14.7. The molecule has 5 heteroatoms. The van der Waals surface area contributed by atoms with Crippen LogP contribution >= 0.6 is 0 Å². The van der Waals surface area contributed by atoms with Crippen LogP contribution in [0.3, 0.4) is 0 Å². The van der Waals surface area contributed by atoms with Gasteiger partial charge in [-0.2, -0.15) is 0 Å². The quantitative estimate of drug-likeness (QED) is 0.137. The number of furan rings is 1. The van der Waals surface area contributed by atoms with Gasteiger partial charge in [0.1, 0.15) is 11.2 Å². The summed E-state index contributed by atoms with van der Waals surface area (Å²) < 4.78 is 9.13. The van der Waals surface area contributed by atoms with Gasteiger partial charge in [0.2, 0.25) is 0 Å². The Bertz CT molecular complexity index is 3880. The molecule has 0 fully saturated rings. The number of hydrogen-bond donors (Lipinski definition) is 0. The molecule has 69 heavy (non-hydrogen) atoms. The highest BCUT2D eigenvalue weighted by Crippen LogP contribution is 2.45. The maximum absolute atomic E-state index is 6.68. The summed E-state index contributed by atoms with van der Waals surface area (Å²) in [5.74, 6) is 0. The first-order valence-electron chi connectivity index (χ1n) is 23.4. The number of anilines is 9. The largest absolute Gasteiger partial charge is 0.456 e. The lowest BCUT2D eigenvalue weighted by atomic mass is 10.1. The summed E-state index contributed by atoms with van der Waals surface area (Å²) >= 11 is 0. The van der Waals surface area contributed by atoms with Crippen LogP contribution < -0.4 is 14.7 Å². The van der Waals surface area contributed by atoms with Crippen LogP contribution in [0.4, 0.5) is 51.2 Å². The van der Waals surface area contributed by atoms with E-state index in [0.717, 1.165) is 101 Å². The van der Waals surface area contributed by atoms with E-state index in [9.17, 15) is 0 Å². The van der Waals surface area contributed by atoms with Gasteiger partial charge in [-0.15, -0.1) is 0 Å². The number of rotatable bonds is 10. The number of para-hydroxylation sites is 5. The van der Waals surface area contributed by atoms with Crippen molar-refractivity contribution in [2.45, 2.75) is 0 Å². The lowest BCUT2D eigenvalue weighted by Crippen LogP contribution is -2.10. The molecule has 0 spiro atoms. The second kappa shape index (κ2) is 16.8. The van der Waals surface area contributed by atoms with Crippen molar-refractivity contribution in [2.24, 2.45) is 0 Å². The van der Waals surface area contributed by atoms with Crippen LogP contribution in [0.1, 0.15) is 0 Å². The predicted molar refractivity (Wildman–Crippen MR) is 290 cm³/mol. The number of nitrogens with zero attached hydrogens (tertiary/aromatic N) is 4. The average Bonchev–Trinajstić information content (AvgIpc) is 3.94. The fraction of sp³-hybridized carbons (Fsp3) is 0. The minimum absolute atomic E-state index is 0.835. The van der Waals surface area contributed by atoms with E-state index in [1.165, 1.54) is 10.8 Å². The molecule has 0 saturated heterocycles. The Morgan fingerprint density at radius 2 is 0.638 bits per heavy atom. The van der Waals surface area contributed by atoms with Gasteiger partial charge in [-0.1, -0.05) is 127 Å². The molecule has 11 aromatic carbocycles. The summed E-state index contributed by atoms with van der Waals surface area (Å²) in [6.07, 6.45) is 0. The van der Waals surface area contributed by atoms with Crippen LogP contribution in [0.2, 0.25) is 0 Å². The molecule has 0 saturated carbocycles. The van der Waals surface area contributed by atoms with Crippen LogP contribution in [-0.2, 0) is 0 Å². The molecule has 13 aromatic rings. The van der Waals surface area contributed by atoms with Crippen molar-refractivity contribution in [1.82, 2.24) is 4.57 Å². The molecular formula is C64H44N4O. The van der Waals surface area contributed by atoms with Crippen LogP contribution in [0.25, 0.3) is 60.2 Å². The van der Waals surface area contributed by atoms with Crippen LogP contribution in [-0.4, -0.2) is 4.57 Å². The fourth-order valence-corrected chi connectivity index (χ4v) is 10.2. The highest BCUT2D eigenvalue weighted by molar-refractivity contribution is 6.14.